The van der Waals surface area contributed by atoms with Crippen molar-refractivity contribution in [2.24, 2.45) is 16.7 Å². The van der Waals surface area contributed by atoms with Gasteiger partial charge < -0.3 is 10.0 Å². The monoisotopic (exact) mass is 213 g/mol. The third-order valence-electron chi connectivity index (χ3n) is 4.50. The van der Waals surface area contributed by atoms with E-state index in [0.29, 0.717) is 0 Å². The molecule has 0 aliphatic heterocycles. The summed E-state index contributed by atoms with van der Waals surface area (Å²) < 4.78 is 0. The smallest absolute Gasteiger partial charge is 0.225 e. The minimum absolute atomic E-state index is 0.0460. The van der Waals surface area contributed by atoms with Gasteiger partial charge in [0.1, 0.15) is 0 Å². The maximum absolute atomic E-state index is 12.0. The average molecular weight is 213 g/mol. The zero-order valence-corrected chi connectivity index (χ0v) is 10.5. The number of hydrogen-bond donors (Lipinski definition) is 1. The van der Waals surface area contributed by atoms with E-state index in [-0.39, 0.29) is 29.3 Å². The molecule has 0 aromatic carbocycles. The van der Waals surface area contributed by atoms with E-state index in [0.717, 1.165) is 12.8 Å². The lowest BCUT2D eigenvalue weighted by atomic mass is 9.66. The molecule has 1 saturated carbocycles. The van der Waals surface area contributed by atoms with Crippen LogP contribution in [-0.2, 0) is 4.79 Å². The van der Waals surface area contributed by atoms with Gasteiger partial charge in [0.25, 0.3) is 0 Å². The highest BCUT2D eigenvalue weighted by atomic mass is 16.3. The zero-order chi connectivity index (χ0) is 11.9. The summed E-state index contributed by atoms with van der Waals surface area (Å²) in [6, 6.07) is 0. The molecule has 1 rings (SSSR count). The number of hydrogen-bond acceptors (Lipinski definition) is 2. The summed E-state index contributed by atoms with van der Waals surface area (Å²) in [5, 5.41) is 9.47. The highest BCUT2D eigenvalue weighted by Gasteiger charge is 2.53. The topological polar surface area (TPSA) is 40.5 Å². The first kappa shape index (κ1) is 12.5. The Labute approximate surface area is 92.5 Å². The van der Waals surface area contributed by atoms with Crippen molar-refractivity contribution in [1.82, 2.24) is 4.90 Å². The lowest BCUT2D eigenvalue weighted by Gasteiger charge is -2.40. The molecule has 1 aliphatic rings. The van der Waals surface area contributed by atoms with Crippen molar-refractivity contribution in [3.8, 4) is 0 Å². The summed E-state index contributed by atoms with van der Waals surface area (Å²) in [5.74, 6) is 0.238. The average Bonchev–Trinajstić information content (AvgIpc) is 2.38. The van der Waals surface area contributed by atoms with Crippen LogP contribution in [-0.4, -0.2) is 36.6 Å². The van der Waals surface area contributed by atoms with Crippen LogP contribution in [0.3, 0.4) is 0 Å². The SMILES string of the molecule is CN(C)C(=O)[C@@H]1CC[C@](C)(CO)C1(C)C. The van der Waals surface area contributed by atoms with Crippen LogP contribution in [0.5, 0.6) is 0 Å². The molecule has 0 aromatic heterocycles. The summed E-state index contributed by atoms with van der Waals surface area (Å²) in [5.41, 5.74) is -0.244. The number of rotatable bonds is 2. The Morgan fingerprint density at radius 1 is 1.40 bits per heavy atom. The second-order valence-electron chi connectivity index (χ2n) is 5.76. The summed E-state index contributed by atoms with van der Waals surface area (Å²) >= 11 is 0. The highest BCUT2D eigenvalue weighted by molar-refractivity contribution is 5.79. The third-order valence-corrected chi connectivity index (χ3v) is 4.50. The molecular weight excluding hydrogens is 190 g/mol. The standard InChI is InChI=1S/C12H23NO2/c1-11(2)9(10(15)13(4)5)6-7-12(11,3)8-14/h9,14H,6-8H2,1-5H3/t9-,12+/m0/s1. The molecule has 1 amide bonds. The molecule has 2 atom stereocenters. The molecule has 1 aliphatic carbocycles. The predicted molar refractivity (Wildman–Crippen MR) is 60.4 cm³/mol. The minimum atomic E-state index is -0.122. The van der Waals surface area contributed by atoms with Crippen LogP contribution in [0.4, 0.5) is 0 Å². The number of amides is 1. The van der Waals surface area contributed by atoms with Gasteiger partial charge in [0, 0.05) is 26.6 Å². The maximum atomic E-state index is 12.0. The normalized spacial score (nSPS) is 34.1. The van der Waals surface area contributed by atoms with Crippen molar-refractivity contribution >= 4 is 5.91 Å². The van der Waals surface area contributed by atoms with Gasteiger partial charge in [-0.3, -0.25) is 4.79 Å². The van der Waals surface area contributed by atoms with E-state index in [4.69, 9.17) is 0 Å². The van der Waals surface area contributed by atoms with E-state index in [1.54, 1.807) is 19.0 Å². The van der Waals surface area contributed by atoms with Gasteiger partial charge in [0.05, 0.1) is 0 Å². The Bertz CT molecular complexity index is 260. The van der Waals surface area contributed by atoms with E-state index >= 15 is 0 Å². The molecule has 0 bridgehead atoms. The number of nitrogens with zero attached hydrogens (tertiary/aromatic N) is 1. The Kier molecular flexibility index (Phi) is 3.15. The van der Waals surface area contributed by atoms with Crippen LogP contribution >= 0.6 is 0 Å². The van der Waals surface area contributed by atoms with Gasteiger partial charge in [-0.2, -0.15) is 0 Å². The van der Waals surface area contributed by atoms with Crippen LogP contribution in [0.25, 0.3) is 0 Å². The van der Waals surface area contributed by atoms with E-state index in [1.165, 1.54) is 0 Å². The summed E-state index contributed by atoms with van der Waals surface area (Å²) in [7, 11) is 3.60. The van der Waals surface area contributed by atoms with Gasteiger partial charge >= 0.3 is 0 Å². The van der Waals surface area contributed by atoms with Gasteiger partial charge in [-0.1, -0.05) is 20.8 Å². The quantitative estimate of drug-likeness (QED) is 0.755. The first-order valence-electron chi connectivity index (χ1n) is 5.58. The fourth-order valence-corrected chi connectivity index (χ4v) is 2.59. The Morgan fingerprint density at radius 3 is 2.27 bits per heavy atom. The molecular formula is C12H23NO2. The predicted octanol–water partition coefficient (Wildman–Crippen LogP) is 1.51. The summed E-state index contributed by atoms with van der Waals surface area (Å²) in [4.78, 5) is 13.7. The first-order valence-corrected chi connectivity index (χ1v) is 5.58. The Morgan fingerprint density at radius 2 is 1.93 bits per heavy atom. The number of carbonyl (C=O) groups is 1. The Hall–Kier alpha value is -0.570. The van der Waals surface area contributed by atoms with Crippen molar-refractivity contribution in [2.45, 2.75) is 33.6 Å². The number of aliphatic hydroxyl groups is 1. The third kappa shape index (κ3) is 1.78. The fraction of sp³-hybridized carbons (Fsp3) is 0.917. The van der Waals surface area contributed by atoms with Gasteiger partial charge in [0.15, 0.2) is 0 Å². The molecule has 3 heteroatoms. The largest absolute Gasteiger partial charge is 0.396 e. The fourth-order valence-electron chi connectivity index (χ4n) is 2.59. The molecule has 0 spiro atoms. The summed E-state index contributed by atoms with van der Waals surface area (Å²) in [6.07, 6.45) is 1.82. The summed E-state index contributed by atoms with van der Waals surface area (Å²) in [6.45, 7) is 6.44. The van der Waals surface area contributed by atoms with Crippen LogP contribution in [0.2, 0.25) is 0 Å². The molecule has 0 unspecified atom stereocenters. The van der Waals surface area contributed by atoms with Crippen molar-refractivity contribution in [1.29, 1.82) is 0 Å². The lowest BCUT2D eigenvalue weighted by molar-refractivity contribution is -0.137. The van der Waals surface area contributed by atoms with Crippen molar-refractivity contribution in [3.05, 3.63) is 0 Å². The molecule has 0 heterocycles. The van der Waals surface area contributed by atoms with Crippen LogP contribution < -0.4 is 0 Å². The lowest BCUT2D eigenvalue weighted by Crippen LogP contribution is -2.43. The molecule has 1 N–H and O–H groups in total. The van der Waals surface area contributed by atoms with E-state index in [9.17, 15) is 9.90 Å². The number of carbonyl (C=O) groups excluding carboxylic acids is 1. The molecule has 0 saturated heterocycles. The Balaban J connectivity index is 2.94. The van der Waals surface area contributed by atoms with Gasteiger partial charge in [-0.25, -0.2) is 0 Å². The highest BCUT2D eigenvalue weighted by Crippen LogP contribution is 2.55. The van der Waals surface area contributed by atoms with Crippen molar-refractivity contribution in [2.75, 3.05) is 20.7 Å². The van der Waals surface area contributed by atoms with Crippen molar-refractivity contribution < 1.29 is 9.90 Å². The van der Waals surface area contributed by atoms with E-state index in [2.05, 4.69) is 20.8 Å². The van der Waals surface area contributed by atoms with Crippen molar-refractivity contribution in [3.63, 3.8) is 0 Å². The minimum Gasteiger partial charge on any atom is -0.396 e. The molecule has 15 heavy (non-hydrogen) atoms. The molecule has 3 nitrogen and oxygen atoms in total. The van der Waals surface area contributed by atoms with E-state index in [1.807, 2.05) is 0 Å². The van der Waals surface area contributed by atoms with Crippen LogP contribution in [0, 0.1) is 16.7 Å². The molecule has 0 radical (unpaired) electrons. The second kappa shape index (κ2) is 3.78. The number of aliphatic hydroxyl groups excluding tert-OH is 1. The van der Waals surface area contributed by atoms with Gasteiger partial charge in [0.2, 0.25) is 5.91 Å². The van der Waals surface area contributed by atoms with Gasteiger partial charge in [-0.05, 0) is 23.7 Å². The van der Waals surface area contributed by atoms with Crippen LogP contribution in [0.15, 0.2) is 0 Å². The molecule has 1 fully saturated rings. The molecule has 0 aromatic rings. The van der Waals surface area contributed by atoms with Crippen LogP contribution in [0.1, 0.15) is 33.6 Å². The first-order chi connectivity index (χ1) is 6.76. The molecule has 88 valence electrons. The zero-order valence-electron chi connectivity index (χ0n) is 10.5. The maximum Gasteiger partial charge on any atom is 0.225 e. The van der Waals surface area contributed by atoms with Gasteiger partial charge in [-0.15, -0.1) is 0 Å². The van der Waals surface area contributed by atoms with E-state index < -0.39 is 0 Å². The second-order valence-corrected chi connectivity index (χ2v) is 5.76.